The zero-order valence-corrected chi connectivity index (χ0v) is 10.3. The highest BCUT2D eigenvalue weighted by molar-refractivity contribution is 5.27. The van der Waals surface area contributed by atoms with Gasteiger partial charge in [0, 0.05) is 38.8 Å². The molecule has 0 bridgehead atoms. The van der Waals surface area contributed by atoms with Crippen LogP contribution in [0.3, 0.4) is 0 Å². The Kier molecular flexibility index (Phi) is 3.99. The van der Waals surface area contributed by atoms with E-state index in [0.29, 0.717) is 18.3 Å². The quantitative estimate of drug-likeness (QED) is 0.799. The van der Waals surface area contributed by atoms with Crippen LogP contribution in [0.25, 0.3) is 0 Å². The van der Waals surface area contributed by atoms with Crippen LogP contribution in [-0.4, -0.2) is 54.2 Å². The molecule has 17 heavy (non-hydrogen) atoms. The third-order valence-corrected chi connectivity index (χ3v) is 3.38. The molecule has 3 N–H and O–H groups in total. The molecule has 1 aromatic rings. The second-order valence-electron chi connectivity index (χ2n) is 4.79. The minimum Gasteiger partial charge on any atom is -0.508 e. The maximum absolute atomic E-state index is 9.46. The molecule has 1 aliphatic heterocycles. The number of rotatable bonds is 3. The SMILES string of the molecule is CN1CCN(Cc2cccc(O)c2)C(CN)C1. The number of nitrogens with two attached hydrogens (primary N) is 1. The summed E-state index contributed by atoms with van der Waals surface area (Å²) in [7, 11) is 2.13. The Bertz CT molecular complexity index is 369. The molecule has 0 aromatic heterocycles. The van der Waals surface area contributed by atoms with Gasteiger partial charge in [0.1, 0.15) is 5.75 Å². The Balaban J connectivity index is 2.02. The third kappa shape index (κ3) is 3.19. The second kappa shape index (κ2) is 5.49. The van der Waals surface area contributed by atoms with E-state index in [1.165, 1.54) is 0 Å². The van der Waals surface area contributed by atoms with Crippen LogP contribution in [0, 0.1) is 0 Å². The lowest BCUT2D eigenvalue weighted by molar-refractivity contribution is 0.0880. The van der Waals surface area contributed by atoms with Gasteiger partial charge in [-0.05, 0) is 24.7 Å². The number of hydrogen-bond donors (Lipinski definition) is 2. The summed E-state index contributed by atoms with van der Waals surface area (Å²) in [6, 6.07) is 7.87. The van der Waals surface area contributed by atoms with Gasteiger partial charge in [-0.3, -0.25) is 4.90 Å². The molecule has 2 rings (SSSR count). The molecule has 1 aromatic carbocycles. The maximum Gasteiger partial charge on any atom is 0.115 e. The zero-order chi connectivity index (χ0) is 12.3. The summed E-state index contributed by atoms with van der Waals surface area (Å²) in [6.07, 6.45) is 0. The molecule has 1 fully saturated rings. The molecule has 0 spiro atoms. The van der Waals surface area contributed by atoms with Gasteiger partial charge >= 0.3 is 0 Å². The molecule has 0 saturated carbocycles. The van der Waals surface area contributed by atoms with Gasteiger partial charge in [0.2, 0.25) is 0 Å². The van der Waals surface area contributed by atoms with Crippen molar-refractivity contribution in [3.8, 4) is 5.75 Å². The van der Waals surface area contributed by atoms with Crippen LogP contribution in [0.4, 0.5) is 0 Å². The Morgan fingerprint density at radius 3 is 2.94 bits per heavy atom. The second-order valence-corrected chi connectivity index (χ2v) is 4.79. The lowest BCUT2D eigenvalue weighted by atomic mass is 10.1. The smallest absolute Gasteiger partial charge is 0.115 e. The number of piperazine rings is 1. The van der Waals surface area contributed by atoms with E-state index in [1.807, 2.05) is 18.2 Å². The number of nitrogens with zero attached hydrogens (tertiary/aromatic N) is 2. The Hall–Kier alpha value is -1.10. The van der Waals surface area contributed by atoms with Gasteiger partial charge < -0.3 is 15.7 Å². The van der Waals surface area contributed by atoms with Crippen molar-refractivity contribution in [2.45, 2.75) is 12.6 Å². The van der Waals surface area contributed by atoms with Crippen LogP contribution in [0.5, 0.6) is 5.75 Å². The van der Waals surface area contributed by atoms with Gasteiger partial charge in [0.15, 0.2) is 0 Å². The summed E-state index contributed by atoms with van der Waals surface area (Å²) in [5.41, 5.74) is 6.97. The van der Waals surface area contributed by atoms with Gasteiger partial charge in [-0.2, -0.15) is 0 Å². The molecule has 1 aliphatic rings. The van der Waals surface area contributed by atoms with E-state index in [9.17, 15) is 5.11 Å². The molecule has 1 saturated heterocycles. The maximum atomic E-state index is 9.46. The summed E-state index contributed by atoms with van der Waals surface area (Å²) in [5.74, 6) is 0.334. The number of aromatic hydroxyl groups is 1. The normalized spacial score (nSPS) is 22.8. The fraction of sp³-hybridized carbons (Fsp3) is 0.538. The lowest BCUT2D eigenvalue weighted by Gasteiger charge is -2.39. The van der Waals surface area contributed by atoms with E-state index in [4.69, 9.17) is 5.73 Å². The molecular formula is C13H21N3O. The van der Waals surface area contributed by atoms with Crippen molar-refractivity contribution in [1.82, 2.24) is 9.80 Å². The molecule has 1 heterocycles. The van der Waals surface area contributed by atoms with E-state index in [1.54, 1.807) is 6.07 Å². The highest BCUT2D eigenvalue weighted by atomic mass is 16.3. The molecule has 0 amide bonds. The molecule has 1 atom stereocenters. The fourth-order valence-electron chi connectivity index (χ4n) is 2.37. The predicted molar refractivity (Wildman–Crippen MR) is 68.9 cm³/mol. The van der Waals surface area contributed by atoms with Crippen LogP contribution < -0.4 is 5.73 Å². The Morgan fingerprint density at radius 2 is 2.24 bits per heavy atom. The van der Waals surface area contributed by atoms with E-state index in [2.05, 4.69) is 16.8 Å². The highest BCUT2D eigenvalue weighted by Crippen LogP contribution is 2.16. The molecule has 0 radical (unpaired) electrons. The minimum atomic E-state index is 0.334. The number of likely N-dealkylation sites (N-methyl/N-ethyl adjacent to an activating group) is 1. The lowest BCUT2D eigenvalue weighted by Crippen LogP contribution is -2.54. The first-order valence-electron chi connectivity index (χ1n) is 6.09. The zero-order valence-electron chi connectivity index (χ0n) is 10.3. The Morgan fingerprint density at radius 1 is 1.41 bits per heavy atom. The van der Waals surface area contributed by atoms with Crippen molar-refractivity contribution in [2.24, 2.45) is 5.73 Å². The number of hydrogen-bond acceptors (Lipinski definition) is 4. The van der Waals surface area contributed by atoms with Crippen LogP contribution in [0.1, 0.15) is 5.56 Å². The average molecular weight is 235 g/mol. The van der Waals surface area contributed by atoms with Gasteiger partial charge in [-0.15, -0.1) is 0 Å². The first kappa shape index (κ1) is 12.4. The fourth-order valence-corrected chi connectivity index (χ4v) is 2.37. The van der Waals surface area contributed by atoms with E-state index in [0.717, 1.165) is 31.7 Å². The molecule has 4 nitrogen and oxygen atoms in total. The molecule has 1 unspecified atom stereocenters. The number of phenols is 1. The van der Waals surface area contributed by atoms with E-state index < -0.39 is 0 Å². The third-order valence-electron chi connectivity index (χ3n) is 3.38. The number of phenolic OH excluding ortho intramolecular Hbond substituents is 1. The van der Waals surface area contributed by atoms with Crippen LogP contribution in [0.2, 0.25) is 0 Å². The summed E-state index contributed by atoms with van der Waals surface area (Å²) < 4.78 is 0. The molecule has 94 valence electrons. The van der Waals surface area contributed by atoms with Crippen molar-refractivity contribution >= 4 is 0 Å². The summed E-state index contributed by atoms with van der Waals surface area (Å²) in [6.45, 7) is 4.69. The summed E-state index contributed by atoms with van der Waals surface area (Å²) in [4.78, 5) is 4.71. The van der Waals surface area contributed by atoms with Gasteiger partial charge in [0.05, 0.1) is 0 Å². The highest BCUT2D eigenvalue weighted by Gasteiger charge is 2.23. The Labute approximate surface area is 103 Å². The average Bonchev–Trinajstić information content (AvgIpc) is 2.31. The molecular weight excluding hydrogens is 214 g/mol. The van der Waals surface area contributed by atoms with Crippen LogP contribution in [0.15, 0.2) is 24.3 Å². The topological polar surface area (TPSA) is 52.7 Å². The van der Waals surface area contributed by atoms with E-state index >= 15 is 0 Å². The summed E-state index contributed by atoms with van der Waals surface area (Å²) >= 11 is 0. The van der Waals surface area contributed by atoms with Crippen LogP contribution in [-0.2, 0) is 6.54 Å². The minimum absolute atomic E-state index is 0.334. The number of benzene rings is 1. The monoisotopic (exact) mass is 235 g/mol. The largest absolute Gasteiger partial charge is 0.508 e. The van der Waals surface area contributed by atoms with Gasteiger partial charge in [-0.25, -0.2) is 0 Å². The van der Waals surface area contributed by atoms with Crippen molar-refractivity contribution < 1.29 is 5.11 Å². The van der Waals surface area contributed by atoms with Crippen molar-refractivity contribution in [3.05, 3.63) is 29.8 Å². The van der Waals surface area contributed by atoms with Crippen molar-refractivity contribution in [3.63, 3.8) is 0 Å². The predicted octanol–water partition coefficient (Wildman–Crippen LogP) is 0.467. The molecule has 4 heteroatoms. The van der Waals surface area contributed by atoms with Crippen molar-refractivity contribution in [1.29, 1.82) is 0 Å². The standard InChI is InChI=1S/C13H21N3O/c1-15-5-6-16(12(8-14)10-15)9-11-3-2-4-13(17)7-11/h2-4,7,12,17H,5-6,8-10,14H2,1H3. The van der Waals surface area contributed by atoms with E-state index in [-0.39, 0.29) is 0 Å². The van der Waals surface area contributed by atoms with Gasteiger partial charge in [0.25, 0.3) is 0 Å². The van der Waals surface area contributed by atoms with Gasteiger partial charge in [-0.1, -0.05) is 12.1 Å². The first-order valence-corrected chi connectivity index (χ1v) is 6.09. The van der Waals surface area contributed by atoms with Crippen molar-refractivity contribution in [2.75, 3.05) is 33.2 Å². The molecule has 0 aliphatic carbocycles. The summed E-state index contributed by atoms with van der Waals surface area (Å²) in [5, 5.41) is 9.46. The first-order chi connectivity index (χ1) is 8.19. The van der Waals surface area contributed by atoms with Crippen LogP contribution >= 0.6 is 0 Å².